The van der Waals surface area contributed by atoms with Crippen molar-refractivity contribution >= 4 is 5.78 Å². The number of aromatic hydroxyl groups is 4. The van der Waals surface area contributed by atoms with Gasteiger partial charge in [0, 0.05) is 35.6 Å². The number of phenolic OH excluding ortho intramolecular Hbond substituents is 4. The van der Waals surface area contributed by atoms with Gasteiger partial charge in [0.1, 0.15) is 40.1 Å². The van der Waals surface area contributed by atoms with Gasteiger partial charge >= 0.3 is 0 Å². The number of aryl methyl sites for hydroxylation is 1. The molecule has 0 spiro atoms. The molecule has 0 aromatic heterocycles. The molecule has 4 aromatic carbocycles. The largest absolute Gasteiger partial charge is 0.508 e. The number of hydrogen-bond acceptors (Lipinski definition) is 8. The second-order valence-electron chi connectivity index (χ2n) is 11.2. The standard InChI is InChI=1S/C35H36O8/c1-19(15-22-5-10-23(36)11-6-22)20(2)32-25-16-27(38)28(39)17-29(25)43-31-18-30(42-4)33(35(40)34(31)32)26(37)14-9-21-7-12-24(41-3)13-8-21/h5-8,10-13,16-20,32,36,38-40H,9,14-15H2,1-4H3/t19-,20+,32+/m1/s1. The van der Waals surface area contributed by atoms with Crippen molar-refractivity contribution < 1.29 is 39.4 Å². The minimum absolute atomic E-state index is 0.0556. The van der Waals surface area contributed by atoms with Crippen LogP contribution in [0.2, 0.25) is 0 Å². The van der Waals surface area contributed by atoms with Crippen LogP contribution in [0.4, 0.5) is 0 Å². The molecule has 0 fully saturated rings. The summed E-state index contributed by atoms with van der Waals surface area (Å²) in [5.74, 6) is 0.0626. The zero-order chi connectivity index (χ0) is 30.8. The van der Waals surface area contributed by atoms with E-state index in [2.05, 4.69) is 6.92 Å². The van der Waals surface area contributed by atoms with Gasteiger partial charge < -0.3 is 34.6 Å². The molecule has 4 aromatic rings. The fourth-order valence-electron chi connectivity index (χ4n) is 5.87. The molecule has 8 heteroatoms. The van der Waals surface area contributed by atoms with E-state index in [1.54, 1.807) is 25.3 Å². The number of rotatable bonds is 10. The van der Waals surface area contributed by atoms with E-state index in [-0.39, 0.29) is 58.4 Å². The monoisotopic (exact) mass is 584 g/mol. The molecule has 0 aliphatic carbocycles. The van der Waals surface area contributed by atoms with Crippen molar-refractivity contribution in [1.29, 1.82) is 0 Å². The molecular formula is C35H36O8. The second-order valence-corrected chi connectivity index (χ2v) is 11.2. The minimum atomic E-state index is -0.489. The number of benzene rings is 4. The van der Waals surface area contributed by atoms with E-state index in [0.29, 0.717) is 35.5 Å². The van der Waals surface area contributed by atoms with Gasteiger partial charge in [-0.25, -0.2) is 0 Å². The third-order valence-corrected chi connectivity index (χ3v) is 8.45. The molecule has 1 aliphatic rings. The number of phenols is 4. The Balaban J connectivity index is 1.55. The van der Waals surface area contributed by atoms with Crippen LogP contribution in [0.15, 0.2) is 66.7 Å². The molecule has 1 aliphatic heterocycles. The van der Waals surface area contributed by atoms with E-state index in [1.807, 2.05) is 43.3 Å². The Bertz CT molecular complexity index is 1630. The van der Waals surface area contributed by atoms with Crippen LogP contribution in [0, 0.1) is 11.8 Å². The number of ketones is 1. The number of methoxy groups -OCH3 is 2. The van der Waals surface area contributed by atoms with Gasteiger partial charge in [-0.05, 0) is 66.1 Å². The lowest BCUT2D eigenvalue weighted by Gasteiger charge is -2.36. The molecule has 4 N–H and O–H groups in total. The fourth-order valence-corrected chi connectivity index (χ4v) is 5.87. The molecule has 43 heavy (non-hydrogen) atoms. The topological polar surface area (TPSA) is 126 Å². The smallest absolute Gasteiger partial charge is 0.170 e. The van der Waals surface area contributed by atoms with E-state index in [0.717, 1.165) is 16.9 Å². The summed E-state index contributed by atoms with van der Waals surface area (Å²) in [4.78, 5) is 13.7. The summed E-state index contributed by atoms with van der Waals surface area (Å²) in [6.07, 6.45) is 1.27. The van der Waals surface area contributed by atoms with Crippen molar-refractivity contribution in [3.8, 4) is 46.0 Å². The Hall–Kier alpha value is -4.85. The lowest BCUT2D eigenvalue weighted by Crippen LogP contribution is -2.24. The highest BCUT2D eigenvalue weighted by atomic mass is 16.5. The molecule has 0 saturated heterocycles. The van der Waals surface area contributed by atoms with Gasteiger partial charge in [-0.3, -0.25) is 4.79 Å². The van der Waals surface area contributed by atoms with Gasteiger partial charge in [0.25, 0.3) is 0 Å². The van der Waals surface area contributed by atoms with Gasteiger partial charge in [-0.15, -0.1) is 0 Å². The van der Waals surface area contributed by atoms with Gasteiger partial charge in [0.15, 0.2) is 17.3 Å². The van der Waals surface area contributed by atoms with Crippen molar-refractivity contribution in [2.45, 2.75) is 39.0 Å². The molecule has 0 amide bonds. The van der Waals surface area contributed by atoms with Crippen molar-refractivity contribution in [1.82, 2.24) is 0 Å². The average Bonchev–Trinajstić information content (AvgIpc) is 3.00. The normalized spacial score (nSPS) is 15.0. The van der Waals surface area contributed by atoms with E-state index in [4.69, 9.17) is 14.2 Å². The highest BCUT2D eigenvalue weighted by Crippen LogP contribution is 2.56. The number of fused-ring (bicyclic) bond motifs is 2. The first-order valence-corrected chi connectivity index (χ1v) is 14.2. The number of ether oxygens (including phenoxy) is 3. The fraction of sp³-hybridized carbons (Fsp3) is 0.286. The summed E-state index contributed by atoms with van der Waals surface area (Å²) in [5.41, 5.74) is 3.08. The van der Waals surface area contributed by atoms with Crippen LogP contribution in [0.3, 0.4) is 0 Å². The third kappa shape index (κ3) is 5.91. The minimum Gasteiger partial charge on any atom is -0.508 e. The summed E-state index contributed by atoms with van der Waals surface area (Å²) < 4.78 is 16.9. The first-order chi connectivity index (χ1) is 20.6. The van der Waals surface area contributed by atoms with E-state index in [9.17, 15) is 25.2 Å². The van der Waals surface area contributed by atoms with Crippen LogP contribution in [0.25, 0.3) is 0 Å². The second kappa shape index (κ2) is 12.2. The number of carbonyl (C=O) groups is 1. The predicted octanol–water partition coefficient (Wildman–Crippen LogP) is 7.09. The molecule has 224 valence electrons. The van der Waals surface area contributed by atoms with Gasteiger partial charge in [-0.1, -0.05) is 38.1 Å². The lowest BCUT2D eigenvalue weighted by atomic mass is 9.72. The molecule has 0 bridgehead atoms. The first-order valence-electron chi connectivity index (χ1n) is 14.2. The molecule has 0 radical (unpaired) electrons. The predicted molar refractivity (Wildman–Crippen MR) is 162 cm³/mol. The van der Waals surface area contributed by atoms with Crippen LogP contribution in [-0.4, -0.2) is 40.4 Å². The molecule has 1 heterocycles. The Kier molecular flexibility index (Phi) is 8.39. The average molecular weight is 585 g/mol. The summed E-state index contributed by atoms with van der Waals surface area (Å²) in [6.45, 7) is 4.14. The van der Waals surface area contributed by atoms with Crippen LogP contribution in [0.5, 0.6) is 46.0 Å². The van der Waals surface area contributed by atoms with Crippen LogP contribution in [-0.2, 0) is 12.8 Å². The molecular weight excluding hydrogens is 548 g/mol. The highest BCUT2D eigenvalue weighted by Gasteiger charge is 2.39. The van der Waals surface area contributed by atoms with Gasteiger partial charge in [0.2, 0.25) is 0 Å². The quantitative estimate of drug-likeness (QED) is 0.115. The summed E-state index contributed by atoms with van der Waals surface area (Å²) in [6, 6.07) is 18.9. The maximum atomic E-state index is 13.7. The van der Waals surface area contributed by atoms with Crippen molar-refractivity contribution in [3.05, 3.63) is 94.5 Å². The lowest BCUT2D eigenvalue weighted by molar-refractivity contribution is 0.0976. The van der Waals surface area contributed by atoms with E-state index < -0.39 is 5.92 Å². The van der Waals surface area contributed by atoms with Crippen LogP contribution >= 0.6 is 0 Å². The van der Waals surface area contributed by atoms with Crippen molar-refractivity contribution in [2.75, 3.05) is 14.2 Å². The molecule has 3 atom stereocenters. The summed E-state index contributed by atoms with van der Waals surface area (Å²) >= 11 is 0. The molecule has 0 unspecified atom stereocenters. The third-order valence-electron chi connectivity index (χ3n) is 8.45. The Morgan fingerprint density at radius 3 is 2.14 bits per heavy atom. The van der Waals surface area contributed by atoms with Gasteiger partial charge in [-0.2, -0.15) is 0 Å². The first kappa shape index (κ1) is 29.6. The molecule has 8 nitrogen and oxygen atoms in total. The Morgan fingerprint density at radius 2 is 1.49 bits per heavy atom. The number of carbonyl (C=O) groups excluding carboxylic acids is 1. The number of Topliss-reactive ketones (excluding diaryl/α,β-unsaturated/α-hetero) is 1. The summed E-state index contributed by atoms with van der Waals surface area (Å²) in [7, 11) is 3.03. The molecule has 5 rings (SSSR count). The SMILES string of the molecule is COc1ccc(CCC(=O)c2c(OC)cc3c(c2O)[C@@H]([C@@H](C)[C@H](C)Cc2ccc(O)cc2)c2cc(O)c(O)cc2O3)cc1. The van der Waals surface area contributed by atoms with Gasteiger partial charge in [0.05, 0.1) is 14.2 Å². The van der Waals surface area contributed by atoms with Crippen LogP contribution in [0.1, 0.15) is 58.8 Å². The molecule has 0 saturated carbocycles. The zero-order valence-electron chi connectivity index (χ0n) is 24.6. The highest BCUT2D eigenvalue weighted by molar-refractivity contribution is 6.02. The summed E-state index contributed by atoms with van der Waals surface area (Å²) in [5, 5.41) is 42.2. The maximum Gasteiger partial charge on any atom is 0.170 e. The Labute approximate surface area is 250 Å². The van der Waals surface area contributed by atoms with Crippen LogP contribution < -0.4 is 14.2 Å². The van der Waals surface area contributed by atoms with Crippen molar-refractivity contribution in [2.24, 2.45) is 11.8 Å². The van der Waals surface area contributed by atoms with Crippen molar-refractivity contribution in [3.63, 3.8) is 0 Å². The van der Waals surface area contributed by atoms with E-state index >= 15 is 0 Å². The zero-order valence-corrected chi connectivity index (χ0v) is 24.6. The maximum absolute atomic E-state index is 13.7. The van der Waals surface area contributed by atoms with E-state index in [1.165, 1.54) is 19.2 Å². The Morgan fingerprint density at radius 1 is 0.837 bits per heavy atom. The number of hydrogen-bond donors (Lipinski definition) is 4.